The van der Waals surface area contributed by atoms with Gasteiger partial charge in [-0.15, -0.1) is 11.6 Å². The Hall–Kier alpha value is -1.02. The van der Waals surface area contributed by atoms with E-state index >= 15 is 0 Å². The highest BCUT2D eigenvalue weighted by atomic mass is 35.5. The lowest BCUT2D eigenvalue weighted by atomic mass is 10.1. The van der Waals surface area contributed by atoms with Crippen molar-refractivity contribution in [3.05, 3.63) is 29.8 Å². The van der Waals surface area contributed by atoms with Crippen LogP contribution in [0.3, 0.4) is 0 Å². The average Bonchev–Trinajstić information content (AvgIpc) is 2.15. The van der Waals surface area contributed by atoms with Crippen molar-refractivity contribution in [2.45, 2.75) is 19.3 Å². The van der Waals surface area contributed by atoms with E-state index in [1.807, 2.05) is 6.07 Å². The summed E-state index contributed by atoms with van der Waals surface area (Å²) in [6.45, 7) is 0. The molecule has 0 bridgehead atoms. The van der Waals surface area contributed by atoms with E-state index in [2.05, 4.69) is 0 Å². The number of hydrogen-bond acceptors (Lipinski definition) is 2. The molecule has 1 aromatic rings. The molecule has 0 aromatic heterocycles. The van der Waals surface area contributed by atoms with Gasteiger partial charge in [-0.25, -0.2) is 0 Å². The van der Waals surface area contributed by atoms with Gasteiger partial charge >= 0.3 is 0 Å². The van der Waals surface area contributed by atoms with Crippen LogP contribution in [0.2, 0.25) is 0 Å². The lowest BCUT2D eigenvalue weighted by Crippen LogP contribution is -2.02. The van der Waals surface area contributed by atoms with Crippen molar-refractivity contribution in [2.75, 3.05) is 5.88 Å². The fourth-order valence-electron chi connectivity index (χ4n) is 1.25. The molecule has 0 aliphatic heterocycles. The van der Waals surface area contributed by atoms with Crippen molar-refractivity contribution in [3.63, 3.8) is 0 Å². The molecule has 0 aliphatic rings. The first-order valence-corrected chi connectivity index (χ1v) is 5.11. The van der Waals surface area contributed by atoms with E-state index in [0.29, 0.717) is 18.7 Å². The van der Waals surface area contributed by atoms with E-state index in [1.54, 1.807) is 18.2 Å². The molecule has 14 heavy (non-hydrogen) atoms. The first-order valence-electron chi connectivity index (χ1n) is 4.58. The molecular weight excluding hydrogens is 200 g/mol. The number of Topliss-reactive ketones (excluding diaryl/α,β-unsaturated/α-hetero) is 1. The number of carbonyl (C=O) groups is 1. The summed E-state index contributed by atoms with van der Waals surface area (Å²) in [5.41, 5.74) is 0.851. The molecule has 0 saturated heterocycles. The summed E-state index contributed by atoms with van der Waals surface area (Å²) in [5, 5.41) is 9.17. The predicted octanol–water partition coefficient (Wildman–Crippen LogP) is 2.52. The van der Waals surface area contributed by atoms with Gasteiger partial charge in [0.1, 0.15) is 11.5 Å². The molecular formula is C11H13ClO2. The predicted molar refractivity (Wildman–Crippen MR) is 56.8 cm³/mol. The highest BCUT2D eigenvalue weighted by Gasteiger charge is 2.03. The molecule has 0 fully saturated rings. The molecule has 1 N–H and O–H groups in total. The van der Waals surface area contributed by atoms with Crippen LogP contribution in [-0.4, -0.2) is 16.8 Å². The SMILES string of the molecule is O=C(CCCCl)Cc1cccc(O)c1. The summed E-state index contributed by atoms with van der Waals surface area (Å²) < 4.78 is 0. The summed E-state index contributed by atoms with van der Waals surface area (Å²) in [6.07, 6.45) is 1.61. The second kappa shape index (κ2) is 5.66. The van der Waals surface area contributed by atoms with Crippen LogP contribution in [0, 0.1) is 0 Å². The Morgan fingerprint density at radius 3 is 2.86 bits per heavy atom. The van der Waals surface area contributed by atoms with Crippen molar-refractivity contribution in [1.82, 2.24) is 0 Å². The Morgan fingerprint density at radius 2 is 2.21 bits per heavy atom. The Balaban J connectivity index is 2.47. The van der Waals surface area contributed by atoms with Crippen molar-refractivity contribution in [1.29, 1.82) is 0 Å². The maximum Gasteiger partial charge on any atom is 0.137 e. The zero-order valence-electron chi connectivity index (χ0n) is 7.87. The monoisotopic (exact) mass is 212 g/mol. The fraction of sp³-hybridized carbons (Fsp3) is 0.364. The van der Waals surface area contributed by atoms with Crippen molar-refractivity contribution < 1.29 is 9.90 Å². The van der Waals surface area contributed by atoms with Crippen LogP contribution >= 0.6 is 11.6 Å². The standard InChI is InChI=1S/C11H13ClO2/c12-6-2-5-11(14)8-9-3-1-4-10(13)7-9/h1,3-4,7,13H,2,5-6,8H2. The van der Waals surface area contributed by atoms with Crippen LogP contribution in [0.1, 0.15) is 18.4 Å². The van der Waals surface area contributed by atoms with Crippen LogP contribution in [0.5, 0.6) is 5.75 Å². The highest BCUT2D eigenvalue weighted by Crippen LogP contribution is 2.12. The number of benzene rings is 1. The summed E-state index contributed by atoms with van der Waals surface area (Å²) in [5.74, 6) is 0.884. The van der Waals surface area contributed by atoms with Gasteiger partial charge in [-0.2, -0.15) is 0 Å². The van der Waals surface area contributed by atoms with E-state index in [9.17, 15) is 4.79 Å². The van der Waals surface area contributed by atoms with Gasteiger partial charge in [-0.3, -0.25) is 4.79 Å². The van der Waals surface area contributed by atoms with Gasteiger partial charge in [-0.1, -0.05) is 12.1 Å². The van der Waals surface area contributed by atoms with Gasteiger partial charge in [0.2, 0.25) is 0 Å². The minimum atomic E-state index is 0.163. The van der Waals surface area contributed by atoms with Gasteiger partial charge in [0, 0.05) is 18.7 Å². The largest absolute Gasteiger partial charge is 0.508 e. The Kier molecular flexibility index (Phi) is 4.47. The Bertz CT molecular complexity index is 310. The van der Waals surface area contributed by atoms with E-state index in [4.69, 9.17) is 16.7 Å². The Labute approximate surface area is 88.5 Å². The van der Waals surface area contributed by atoms with Crippen LogP contribution < -0.4 is 0 Å². The van der Waals surface area contributed by atoms with Gasteiger partial charge in [-0.05, 0) is 24.1 Å². The molecule has 0 radical (unpaired) electrons. The normalized spacial score (nSPS) is 10.1. The molecule has 0 aliphatic carbocycles. The zero-order valence-corrected chi connectivity index (χ0v) is 8.63. The third-order valence-corrected chi connectivity index (χ3v) is 2.17. The summed E-state index contributed by atoms with van der Waals surface area (Å²) in [6, 6.07) is 6.77. The van der Waals surface area contributed by atoms with E-state index in [-0.39, 0.29) is 11.5 Å². The van der Waals surface area contributed by atoms with Crippen molar-refractivity contribution >= 4 is 17.4 Å². The van der Waals surface area contributed by atoms with Crippen LogP contribution in [0.25, 0.3) is 0 Å². The molecule has 0 heterocycles. The smallest absolute Gasteiger partial charge is 0.137 e. The molecule has 0 amide bonds. The van der Waals surface area contributed by atoms with Crippen LogP contribution in [0.15, 0.2) is 24.3 Å². The number of aromatic hydroxyl groups is 1. The summed E-state index contributed by atoms with van der Waals surface area (Å²) in [7, 11) is 0. The lowest BCUT2D eigenvalue weighted by molar-refractivity contribution is -0.118. The highest BCUT2D eigenvalue weighted by molar-refractivity contribution is 6.17. The maximum absolute atomic E-state index is 11.3. The molecule has 0 spiro atoms. The number of halogens is 1. The van der Waals surface area contributed by atoms with E-state index < -0.39 is 0 Å². The molecule has 0 saturated carbocycles. The quantitative estimate of drug-likeness (QED) is 0.762. The molecule has 3 heteroatoms. The van der Waals surface area contributed by atoms with Gasteiger partial charge < -0.3 is 5.11 Å². The zero-order chi connectivity index (χ0) is 10.4. The number of ketones is 1. The van der Waals surface area contributed by atoms with Crippen LogP contribution in [-0.2, 0) is 11.2 Å². The second-order valence-electron chi connectivity index (χ2n) is 3.18. The fourth-order valence-corrected chi connectivity index (χ4v) is 1.38. The minimum absolute atomic E-state index is 0.163. The molecule has 76 valence electrons. The lowest BCUT2D eigenvalue weighted by Gasteiger charge is -2.00. The maximum atomic E-state index is 11.3. The molecule has 2 nitrogen and oxygen atoms in total. The summed E-state index contributed by atoms with van der Waals surface area (Å²) in [4.78, 5) is 11.3. The number of phenolic OH excluding ortho intramolecular Hbond substituents is 1. The second-order valence-corrected chi connectivity index (χ2v) is 3.56. The number of rotatable bonds is 5. The number of hydrogen-bond donors (Lipinski definition) is 1. The number of alkyl halides is 1. The third kappa shape index (κ3) is 3.79. The Morgan fingerprint density at radius 1 is 1.43 bits per heavy atom. The van der Waals surface area contributed by atoms with Gasteiger partial charge in [0.05, 0.1) is 0 Å². The number of carbonyl (C=O) groups excluding carboxylic acids is 1. The molecule has 1 rings (SSSR count). The first-order chi connectivity index (χ1) is 6.72. The number of phenols is 1. The van der Waals surface area contributed by atoms with E-state index in [1.165, 1.54) is 0 Å². The molecule has 0 atom stereocenters. The first kappa shape index (κ1) is 11.1. The van der Waals surface area contributed by atoms with Gasteiger partial charge in [0.25, 0.3) is 0 Å². The van der Waals surface area contributed by atoms with Crippen LogP contribution in [0.4, 0.5) is 0 Å². The minimum Gasteiger partial charge on any atom is -0.508 e. The van der Waals surface area contributed by atoms with Gasteiger partial charge in [0.15, 0.2) is 0 Å². The topological polar surface area (TPSA) is 37.3 Å². The molecule has 0 unspecified atom stereocenters. The van der Waals surface area contributed by atoms with Crippen molar-refractivity contribution in [2.24, 2.45) is 0 Å². The summed E-state index contributed by atoms with van der Waals surface area (Å²) >= 11 is 5.48. The third-order valence-electron chi connectivity index (χ3n) is 1.90. The van der Waals surface area contributed by atoms with E-state index in [0.717, 1.165) is 12.0 Å². The average molecular weight is 213 g/mol. The van der Waals surface area contributed by atoms with Crippen molar-refractivity contribution in [3.8, 4) is 5.75 Å². The molecule has 1 aromatic carbocycles.